The van der Waals surface area contributed by atoms with Gasteiger partial charge in [-0.3, -0.25) is 14.3 Å². The van der Waals surface area contributed by atoms with Crippen LogP contribution in [0.15, 0.2) is 66.3 Å². The molecule has 1 saturated heterocycles. The van der Waals surface area contributed by atoms with E-state index in [1.807, 2.05) is 35.5 Å². The summed E-state index contributed by atoms with van der Waals surface area (Å²) in [5.41, 5.74) is 5.62. The van der Waals surface area contributed by atoms with Crippen LogP contribution in [0.4, 0.5) is 0 Å². The molecule has 1 aliphatic rings. The average molecular weight is 461 g/mol. The molecular formula is C25H28N6OS. The number of imidazole rings is 2. The number of aromatic nitrogens is 4. The smallest absolute Gasteiger partial charge is 0.233 e. The monoisotopic (exact) mass is 460 g/mol. The fourth-order valence-corrected chi connectivity index (χ4v) is 5.11. The van der Waals surface area contributed by atoms with Crippen molar-refractivity contribution in [3.63, 3.8) is 0 Å². The summed E-state index contributed by atoms with van der Waals surface area (Å²) in [4.78, 5) is 26.4. The molecule has 5 rings (SSSR count). The van der Waals surface area contributed by atoms with Crippen molar-refractivity contribution in [3.05, 3.63) is 78.0 Å². The topological polar surface area (TPSA) is 58.7 Å². The van der Waals surface area contributed by atoms with Crippen LogP contribution in [0.25, 0.3) is 11.3 Å². The van der Waals surface area contributed by atoms with E-state index in [1.165, 1.54) is 22.9 Å². The van der Waals surface area contributed by atoms with Crippen LogP contribution in [-0.2, 0) is 11.3 Å². The minimum Gasteiger partial charge on any atom is -0.339 e. The molecule has 0 N–H and O–H groups in total. The van der Waals surface area contributed by atoms with Gasteiger partial charge in [0, 0.05) is 57.5 Å². The molecule has 1 aromatic carbocycles. The summed E-state index contributed by atoms with van der Waals surface area (Å²) in [5, 5.41) is 0.850. The molecule has 4 aromatic rings. The molecule has 0 radical (unpaired) electrons. The zero-order valence-electron chi connectivity index (χ0n) is 19.0. The molecule has 8 heteroatoms. The quantitative estimate of drug-likeness (QED) is 0.412. The molecule has 33 heavy (non-hydrogen) atoms. The first-order valence-corrected chi connectivity index (χ1v) is 12.2. The summed E-state index contributed by atoms with van der Waals surface area (Å²) >= 11 is 1.50. The maximum Gasteiger partial charge on any atom is 0.233 e. The highest BCUT2D eigenvalue weighted by atomic mass is 32.2. The Kier molecular flexibility index (Phi) is 6.20. The molecule has 1 aliphatic heterocycles. The van der Waals surface area contributed by atoms with Crippen LogP contribution in [0, 0.1) is 13.8 Å². The van der Waals surface area contributed by atoms with Crippen molar-refractivity contribution in [2.24, 2.45) is 0 Å². The van der Waals surface area contributed by atoms with E-state index in [2.05, 4.69) is 57.1 Å². The van der Waals surface area contributed by atoms with E-state index in [4.69, 9.17) is 4.98 Å². The molecule has 0 bridgehead atoms. The van der Waals surface area contributed by atoms with Crippen LogP contribution in [0.2, 0.25) is 0 Å². The molecule has 0 atom stereocenters. The number of rotatable bonds is 6. The van der Waals surface area contributed by atoms with Crippen molar-refractivity contribution >= 4 is 23.3 Å². The maximum atomic E-state index is 12.9. The second kappa shape index (κ2) is 9.41. The Hall–Kier alpha value is -3.10. The van der Waals surface area contributed by atoms with Gasteiger partial charge in [0.25, 0.3) is 0 Å². The van der Waals surface area contributed by atoms with Crippen molar-refractivity contribution in [1.29, 1.82) is 0 Å². The number of piperazine rings is 1. The zero-order valence-corrected chi connectivity index (χ0v) is 19.8. The van der Waals surface area contributed by atoms with Gasteiger partial charge in [-0.1, -0.05) is 30.0 Å². The van der Waals surface area contributed by atoms with Crippen LogP contribution >= 0.6 is 11.8 Å². The van der Waals surface area contributed by atoms with E-state index < -0.39 is 0 Å². The van der Waals surface area contributed by atoms with Crippen molar-refractivity contribution in [2.45, 2.75) is 25.5 Å². The van der Waals surface area contributed by atoms with Gasteiger partial charge in [0.15, 0.2) is 5.16 Å². The van der Waals surface area contributed by atoms with Gasteiger partial charge in [0.2, 0.25) is 5.91 Å². The first kappa shape index (κ1) is 21.7. The average Bonchev–Trinajstić information content (AvgIpc) is 3.46. The second-order valence-corrected chi connectivity index (χ2v) is 9.39. The number of carbonyl (C=O) groups is 1. The molecule has 0 spiro atoms. The van der Waals surface area contributed by atoms with Crippen LogP contribution in [0.5, 0.6) is 0 Å². The molecule has 0 unspecified atom stereocenters. The Morgan fingerprint density at radius 3 is 2.70 bits per heavy atom. The number of fused-ring (bicyclic) bond motifs is 1. The lowest BCUT2D eigenvalue weighted by molar-refractivity contribution is -0.130. The number of carbonyl (C=O) groups excluding carboxylic acids is 1. The lowest BCUT2D eigenvalue weighted by Gasteiger charge is -2.34. The van der Waals surface area contributed by atoms with Gasteiger partial charge >= 0.3 is 0 Å². The highest BCUT2D eigenvalue weighted by molar-refractivity contribution is 7.99. The molecule has 170 valence electrons. The summed E-state index contributed by atoms with van der Waals surface area (Å²) in [5.74, 6) is 0.566. The van der Waals surface area contributed by atoms with Gasteiger partial charge in [-0.15, -0.1) is 0 Å². The van der Waals surface area contributed by atoms with Crippen molar-refractivity contribution < 1.29 is 4.79 Å². The summed E-state index contributed by atoms with van der Waals surface area (Å²) in [7, 11) is 0. The summed E-state index contributed by atoms with van der Waals surface area (Å²) in [6, 6.07) is 12.3. The SMILES string of the molecule is Cc1cccc(-n2ccnc2SCC(=O)N2CCN(Cc3cn4ccccc4n3)CC2)c1C. The molecule has 7 nitrogen and oxygen atoms in total. The third-order valence-electron chi connectivity index (χ3n) is 6.29. The zero-order chi connectivity index (χ0) is 22.8. The molecule has 1 amide bonds. The normalized spacial score (nSPS) is 14.8. The fourth-order valence-electron chi connectivity index (χ4n) is 4.24. The van der Waals surface area contributed by atoms with E-state index in [0.29, 0.717) is 5.75 Å². The standard InChI is InChI=1S/C25H28N6OS/c1-19-6-5-7-22(20(19)2)31-11-9-26-25(31)33-18-24(32)29-14-12-28(13-15-29)16-21-17-30-10-4-3-8-23(30)27-21/h3-11,17H,12-16,18H2,1-2H3. The van der Waals surface area contributed by atoms with Crippen LogP contribution < -0.4 is 0 Å². The Bertz CT molecular complexity index is 1240. The number of aryl methyl sites for hydroxylation is 1. The first-order chi connectivity index (χ1) is 16.1. The Labute approximate surface area is 198 Å². The molecule has 1 fully saturated rings. The molecule has 0 saturated carbocycles. The third kappa shape index (κ3) is 4.67. The largest absolute Gasteiger partial charge is 0.339 e. The van der Waals surface area contributed by atoms with Gasteiger partial charge in [0.1, 0.15) is 5.65 Å². The summed E-state index contributed by atoms with van der Waals surface area (Å²) in [6.45, 7) is 8.27. The van der Waals surface area contributed by atoms with Crippen LogP contribution in [0.3, 0.4) is 0 Å². The number of thioether (sulfide) groups is 1. The first-order valence-electron chi connectivity index (χ1n) is 11.2. The van der Waals surface area contributed by atoms with Crippen LogP contribution in [-0.4, -0.2) is 66.6 Å². The fraction of sp³-hybridized carbons (Fsp3) is 0.320. The maximum absolute atomic E-state index is 12.9. The third-order valence-corrected chi connectivity index (χ3v) is 7.24. The predicted molar refractivity (Wildman–Crippen MR) is 131 cm³/mol. The van der Waals surface area contributed by atoms with E-state index in [9.17, 15) is 4.79 Å². The number of hydrogen-bond donors (Lipinski definition) is 0. The predicted octanol–water partition coefficient (Wildman–Crippen LogP) is 3.57. The number of nitrogens with zero attached hydrogens (tertiary/aromatic N) is 6. The van der Waals surface area contributed by atoms with Gasteiger partial charge < -0.3 is 9.30 Å². The van der Waals surface area contributed by atoms with Crippen molar-refractivity contribution in [1.82, 2.24) is 28.7 Å². The summed E-state index contributed by atoms with van der Waals surface area (Å²) in [6.07, 6.45) is 7.87. The number of benzene rings is 1. The van der Waals surface area contributed by atoms with Gasteiger partial charge in [0.05, 0.1) is 17.1 Å². The molecule has 4 heterocycles. The Morgan fingerprint density at radius 2 is 1.88 bits per heavy atom. The van der Waals surface area contributed by atoms with Crippen LogP contribution in [0.1, 0.15) is 16.8 Å². The van der Waals surface area contributed by atoms with E-state index in [0.717, 1.165) is 54.9 Å². The molecular weight excluding hydrogens is 432 g/mol. The highest BCUT2D eigenvalue weighted by Gasteiger charge is 2.22. The lowest BCUT2D eigenvalue weighted by Crippen LogP contribution is -2.48. The Balaban J connectivity index is 1.15. The number of hydrogen-bond acceptors (Lipinski definition) is 5. The van der Waals surface area contributed by atoms with Crippen molar-refractivity contribution in [2.75, 3.05) is 31.9 Å². The molecule has 3 aromatic heterocycles. The highest BCUT2D eigenvalue weighted by Crippen LogP contribution is 2.24. The lowest BCUT2D eigenvalue weighted by atomic mass is 10.1. The Morgan fingerprint density at radius 1 is 1.03 bits per heavy atom. The molecule has 0 aliphatic carbocycles. The summed E-state index contributed by atoms with van der Waals surface area (Å²) < 4.78 is 4.13. The number of pyridine rings is 1. The van der Waals surface area contributed by atoms with Crippen molar-refractivity contribution in [3.8, 4) is 5.69 Å². The van der Waals surface area contributed by atoms with Gasteiger partial charge in [-0.2, -0.15) is 0 Å². The van der Waals surface area contributed by atoms with Gasteiger partial charge in [-0.25, -0.2) is 9.97 Å². The van der Waals surface area contributed by atoms with E-state index in [-0.39, 0.29) is 5.91 Å². The minimum absolute atomic E-state index is 0.169. The minimum atomic E-state index is 0.169. The second-order valence-electron chi connectivity index (χ2n) is 8.44. The van der Waals surface area contributed by atoms with E-state index >= 15 is 0 Å². The number of amides is 1. The van der Waals surface area contributed by atoms with E-state index in [1.54, 1.807) is 6.20 Å². The van der Waals surface area contributed by atoms with Gasteiger partial charge in [-0.05, 0) is 43.2 Å².